The first-order valence-electron chi connectivity index (χ1n) is 7.57. The molecule has 4 nitrogen and oxygen atoms in total. The Morgan fingerprint density at radius 1 is 1.43 bits per heavy atom. The van der Waals surface area contributed by atoms with Gasteiger partial charge in [-0.25, -0.2) is 0 Å². The molecular weight excluding hydrogens is 376 g/mol. The number of nitrogens with one attached hydrogen (secondary N) is 2. The lowest BCUT2D eigenvalue weighted by molar-refractivity contribution is 0.0941. The number of ether oxygens (including phenoxy) is 1. The second-order valence-electron chi connectivity index (χ2n) is 5.76. The SMILES string of the molecule is Cc1ccc(C(=O)NCC2CNC2)cc1OCc1csc(Br)c1. The molecular formula is C17H19BrN2O2S. The van der Waals surface area contributed by atoms with E-state index in [9.17, 15) is 4.79 Å². The van der Waals surface area contributed by atoms with Crippen LogP contribution in [0, 0.1) is 12.8 Å². The van der Waals surface area contributed by atoms with Crippen LogP contribution < -0.4 is 15.4 Å². The summed E-state index contributed by atoms with van der Waals surface area (Å²) in [7, 11) is 0. The number of carbonyl (C=O) groups is 1. The third-order valence-corrected chi connectivity index (χ3v) is 5.44. The highest BCUT2D eigenvalue weighted by Crippen LogP contribution is 2.24. The second-order valence-corrected chi connectivity index (χ2v) is 8.05. The van der Waals surface area contributed by atoms with Gasteiger partial charge in [0.2, 0.25) is 0 Å². The van der Waals surface area contributed by atoms with Crippen molar-refractivity contribution >= 4 is 33.2 Å². The van der Waals surface area contributed by atoms with E-state index >= 15 is 0 Å². The highest BCUT2D eigenvalue weighted by Gasteiger charge is 2.18. The second kappa shape index (κ2) is 7.47. The third kappa shape index (κ3) is 4.34. The molecule has 2 heterocycles. The van der Waals surface area contributed by atoms with Crippen LogP contribution in [0.15, 0.2) is 33.4 Å². The number of amides is 1. The van der Waals surface area contributed by atoms with Gasteiger partial charge in [-0.2, -0.15) is 0 Å². The molecule has 0 spiro atoms. The molecule has 1 aromatic heterocycles. The molecule has 122 valence electrons. The van der Waals surface area contributed by atoms with E-state index in [1.165, 1.54) is 0 Å². The van der Waals surface area contributed by atoms with E-state index < -0.39 is 0 Å². The van der Waals surface area contributed by atoms with Crippen molar-refractivity contribution in [3.8, 4) is 5.75 Å². The van der Waals surface area contributed by atoms with Crippen molar-refractivity contribution in [2.24, 2.45) is 5.92 Å². The predicted molar refractivity (Wildman–Crippen MR) is 96.2 cm³/mol. The van der Waals surface area contributed by atoms with Gasteiger partial charge >= 0.3 is 0 Å². The first-order chi connectivity index (χ1) is 11.1. The molecule has 23 heavy (non-hydrogen) atoms. The zero-order valence-corrected chi connectivity index (χ0v) is 15.3. The molecule has 1 saturated heterocycles. The lowest BCUT2D eigenvalue weighted by Crippen LogP contribution is -2.48. The first kappa shape index (κ1) is 16.5. The van der Waals surface area contributed by atoms with Crippen molar-refractivity contribution in [2.45, 2.75) is 13.5 Å². The quantitative estimate of drug-likeness (QED) is 0.789. The normalized spacial score (nSPS) is 14.3. The van der Waals surface area contributed by atoms with Gasteiger partial charge in [-0.05, 0) is 52.0 Å². The van der Waals surface area contributed by atoms with Gasteiger partial charge in [0.05, 0.1) is 3.79 Å². The standard InChI is InChI=1S/C17H19BrN2O2S/c1-11-2-3-14(17(21)20-8-13-6-19-7-13)5-15(11)22-9-12-4-16(18)23-10-12/h2-5,10,13,19H,6-9H2,1H3,(H,20,21). The van der Waals surface area contributed by atoms with Crippen LogP contribution in [-0.4, -0.2) is 25.5 Å². The first-order valence-corrected chi connectivity index (χ1v) is 9.24. The molecule has 0 bridgehead atoms. The van der Waals surface area contributed by atoms with Crippen LogP contribution in [0.4, 0.5) is 0 Å². The van der Waals surface area contributed by atoms with Gasteiger partial charge in [0.25, 0.3) is 5.91 Å². The van der Waals surface area contributed by atoms with E-state index in [1.54, 1.807) is 11.3 Å². The molecule has 1 fully saturated rings. The largest absolute Gasteiger partial charge is 0.489 e. The number of aryl methyl sites for hydroxylation is 1. The van der Waals surface area contributed by atoms with Crippen molar-refractivity contribution in [3.05, 3.63) is 50.1 Å². The maximum absolute atomic E-state index is 12.2. The molecule has 0 radical (unpaired) electrons. The summed E-state index contributed by atoms with van der Waals surface area (Å²) >= 11 is 5.08. The summed E-state index contributed by atoms with van der Waals surface area (Å²) in [5, 5.41) is 8.25. The van der Waals surface area contributed by atoms with Gasteiger partial charge in [-0.1, -0.05) is 6.07 Å². The molecule has 1 aliphatic rings. The van der Waals surface area contributed by atoms with E-state index in [1.807, 2.05) is 31.2 Å². The minimum atomic E-state index is -0.0416. The Balaban J connectivity index is 1.61. The van der Waals surface area contributed by atoms with E-state index in [0.717, 1.165) is 40.3 Å². The zero-order valence-electron chi connectivity index (χ0n) is 12.9. The molecule has 0 saturated carbocycles. The van der Waals surface area contributed by atoms with E-state index in [2.05, 4.69) is 31.9 Å². The van der Waals surface area contributed by atoms with E-state index in [0.29, 0.717) is 18.1 Å². The summed E-state index contributed by atoms with van der Waals surface area (Å²) < 4.78 is 6.97. The van der Waals surface area contributed by atoms with Gasteiger partial charge < -0.3 is 15.4 Å². The van der Waals surface area contributed by atoms with Crippen molar-refractivity contribution in [1.82, 2.24) is 10.6 Å². The average Bonchev–Trinajstić information content (AvgIpc) is 2.90. The summed E-state index contributed by atoms with van der Waals surface area (Å²) in [4.78, 5) is 12.2. The van der Waals surface area contributed by atoms with Crippen LogP contribution in [0.3, 0.4) is 0 Å². The highest BCUT2D eigenvalue weighted by molar-refractivity contribution is 9.11. The summed E-state index contributed by atoms with van der Waals surface area (Å²) in [6, 6.07) is 7.64. The number of rotatable bonds is 6. The van der Waals surface area contributed by atoms with Crippen LogP contribution >= 0.6 is 27.3 Å². The van der Waals surface area contributed by atoms with Crippen LogP contribution in [0.5, 0.6) is 5.75 Å². The molecule has 2 aromatic rings. The van der Waals surface area contributed by atoms with Gasteiger partial charge in [0, 0.05) is 36.7 Å². The Morgan fingerprint density at radius 2 is 2.26 bits per heavy atom. The van der Waals surface area contributed by atoms with Crippen molar-refractivity contribution in [2.75, 3.05) is 19.6 Å². The molecule has 1 aromatic carbocycles. The molecule has 0 atom stereocenters. The maximum atomic E-state index is 12.2. The zero-order chi connectivity index (χ0) is 16.2. The number of carbonyl (C=O) groups excluding carboxylic acids is 1. The number of hydrogen-bond donors (Lipinski definition) is 2. The fourth-order valence-corrected chi connectivity index (χ4v) is 3.51. The molecule has 0 unspecified atom stereocenters. The number of thiophene rings is 1. The molecule has 1 aliphatic heterocycles. The predicted octanol–water partition coefficient (Wildman–Crippen LogP) is 3.35. The summed E-state index contributed by atoms with van der Waals surface area (Å²) in [6.45, 7) is 5.18. The Morgan fingerprint density at radius 3 is 2.91 bits per heavy atom. The lowest BCUT2D eigenvalue weighted by atomic mass is 10.0. The average molecular weight is 395 g/mol. The van der Waals surface area contributed by atoms with Crippen molar-refractivity contribution in [3.63, 3.8) is 0 Å². The smallest absolute Gasteiger partial charge is 0.251 e. The Labute approximate surface area is 148 Å². The minimum Gasteiger partial charge on any atom is -0.489 e. The third-order valence-electron chi connectivity index (χ3n) is 3.88. The van der Waals surface area contributed by atoms with Gasteiger partial charge in [-0.15, -0.1) is 11.3 Å². The number of hydrogen-bond acceptors (Lipinski definition) is 4. The topological polar surface area (TPSA) is 50.4 Å². The Kier molecular flexibility index (Phi) is 5.35. The monoisotopic (exact) mass is 394 g/mol. The number of halogens is 1. The van der Waals surface area contributed by atoms with Crippen LogP contribution in [0.2, 0.25) is 0 Å². The van der Waals surface area contributed by atoms with Gasteiger partial charge in [-0.3, -0.25) is 4.79 Å². The minimum absolute atomic E-state index is 0.0416. The van der Waals surface area contributed by atoms with Gasteiger partial charge in [0.1, 0.15) is 12.4 Å². The Hall–Kier alpha value is -1.37. The van der Waals surface area contributed by atoms with Crippen molar-refractivity contribution < 1.29 is 9.53 Å². The van der Waals surface area contributed by atoms with Crippen LogP contribution in [0.1, 0.15) is 21.5 Å². The molecule has 0 aliphatic carbocycles. The molecule has 3 rings (SSSR count). The van der Waals surface area contributed by atoms with Crippen LogP contribution in [-0.2, 0) is 6.61 Å². The van der Waals surface area contributed by atoms with E-state index in [4.69, 9.17) is 4.74 Å². The summed E-state index contributed by atoms with van der Waals surface area (Å²) in [5.41, 5.74) is 2.79. The van der Waals surface area contributed by atoms with Crippen LogP contribution in [0.25, 0.3) is 0 Å². The van der Waals surface area contributed by atoms with Gasteiger partial charge in [0.15, 0.2) is 0 Å². The van der Waals surface area contributed by atoms with Crippen molar-refractivity contribution in [1.29, 1.82) is 0 Å². The van der Waals surface area contributed by atoms with E-state index in [-0.39, 0.29) is 5.91 Å². The molecule has 1 amide bonds. The number of benzene rings is 1. The fourth-order valence-electron chi connectivity index (χ4n) is 2.31. The summed E-state index contributed by atoms with van der Waals surface area (Å²) in [6.07, 6.45) is 0. The fraction of sp³-hybridized carbons (Fsp3) is 0.353. The maximum Gasteiger partial charge on any atom is 0.251 e. The summed E-state index contributed by atoms with van der Waals surface area (Å²) in [5.74, 6) is 1.27. The lowest BCUT2D eigenvalue weighted by Gasteiger charge is -2.27. The Bertz CT molecular complexity index is 698. The molecule has 2 N–H and O–H groups in total. The highest BCUT2D eigenvalue weighted by atomic mass is 79.9. The molecule has 6 heteroatoms.